The maximum atomic E-state index is 5.65. The summed E-state index contributed by atoms with van der Waals surface area (Å²) in [6.07, 6.45) is 1.77. The van der Waals surface area contributed by atoms with Gasteiger partial charge in [-0.05, 0) is 34.0 Å². The van der Waals surface area contributed by atoms with E-state index in [1.54, 1.807) is 6.20 Å². The van der Waals surface area contributed by atoms with Crippen molar-refractivity contribution in [1.29, 1.82) is 0 Å². The van der Waals surface area contributed by atoms with E-state index in [9.17, 15) is 0 Å². The van der Waals surface area contributed by atoms with Gasteiger partial charge in [-0.15, -0.1) is 0 Å². The molecule has 1 aromatic heterocycles. The van der Waals surface area contributed by atoms with E-state index < -0.39 is 0 Å². The van der Waals surface area contributed by atoms with Gasteiger partial charge < -0.3 is 11.1 Å². The van der Waals surface area contributed by atoms with E-state index in [1.807, 2.05) is 12.1 Å². The highest BCUT2D eigenvalue weighted by Crippen LogP contribution is 2.13. The maximum absolute atomic E-state index is 5.65. The molecule has 0 spiro atoms. The summed E-state index contributed by atoms with van der Waals surface area (Å²) in [5.41, 5.74) is 5.65. The second kappa shape index (κ2) is 5.32. The largest absolute Gasteiger partial charge is 0.366 e. The molecular weight excluding hydrogens is 242 g/mol. The predicted molar refractivity (Wildman–Crippen MR) is 63.2 cm³/mol. The lowest BCUT2D eigenvalue weighted by atomic mass is 10.1. The monoisotopic (exact) mass is 257 g/mol. The third-order valence-electron chi connectivity index (χ3n) is 2.12. The van der Waals surface area contributed by atoms with Gasteiger partial charge in [0.25, 0.3) is 0 Å². The van der Waals surface area contributed by atoms with Crippen LogP contribution in [0.3, 0.4) is 0 Å². The Balaban J connectivity index is 2.63. The molecule has 0 radical (unpaired) electrons. The SMILES string of the molecule is CC(C)C(CN)Nc1ccc(Br)cn1. The first-order valence-electron chi connectivity index (χ1n) is 4.71. The van der Waals surface area contributed by atoms with Gasteiger partial charge in [0.2, 0.25) is 0 Å². The molecule has 0 amide bonds. The van der Waals surface area contributed by atoms with Crippen LogP contribution in [-0.2, 0) is 0 Å². The summed E-state index contributed by atoms with van der Waals surface area (Å²) in [6.45, 7) is 4.90. The maximum Gasteiger partial charge on any atom is 0.126 e. The van der Waals surface area contributed by atoms with Crippen LogP contribution in [0.4, 0.5) is 5.82 Å². The molecule has 1 heterocycles. The van der Waals surface area contributed by atoms with Crippen LogP contribution in [0, 0.1) is 5.92 Å². The molecule has 0 aliphatic carbocycles. The zero-order valence-electron chi connectivity index (χ0n) is 8.50. The van der Waals surface area contributed by atoms with Crippen LogP contribution in [0.5, 0.6) is 0 Å². The van der Waals surface area contributed by atoms with Gasteiger partial charge in [0.15, 0.2) is 0 Å². The lowest BCUT2D eigenvalue weighted by molar-refractivity contribution is 0.530. The van der Waals surface area contributed by atoms with E-state index in [1.165, 1.54) is 0 Å². The van der Waals surface area contributed by atoms with E-state index in [-0.39, 0.29) is 6.04 Å². The van der Waals surface area contributed by atoms with Gasteiger partial charge in [0.1, 0.15) is 5.82 Å². The highest BCUT2D eigenvalue weighted by molar-refractivity contribution is 9.10. The summed E-state index contributed by atoms with van der Waals surface area (Å²) in [5, 5.41) is 3.30. The van der Waals surface area contributed by atoms with Crippen LogP contribution in [0.15, 0.2) is 22.8 Å². The van der Waals surface area contributed by atoms with E-state index >= 15 is 0 Å². The molecule has 1 rings (SSSR count). The fourth-order valence-corrected chi connectivity index (χ4v) is 1.38. The minimum absolute atomic E-state index is 0.281. The van der Waals surface area contributed by atoms with Crippen LogP contribution in [0.2, 0.25) is 0 Å². The van der Waals surface area contributed by atoms with Crippen molar-refractivity contribution in [3.8, 4) is 0 Å². The molecule has 1 atom stereocenters. The number of hydrogen-bond acceptors (Lipinski definition) is 3. The van der Waals surface area contributed by atoms with Crippen molar-refractivity contribution in [2.24, 2.45) is 11.7 Å². The number of nitrogens with two attached hydrogens (primary N) is 1. The quantitative estimate of drug-likeness (QED) is 0.870. The molecular formula is C10H16BrN3. The third kappa shape index (κ3) is 3.27. The summed E-state index contributed by atoms with van der Waals surface area (Å²) < 4.78 is 0.983. The number of hydrogen-bond donors (Lipinski definition) is 2. The fraction of sp³-hybridized carbons (Fsp3) is 0.500. The summed E-state index contributed by atoms with van der Waals surface area (Å²) in [7, 11) is 0. The highest BCUT2D eigenvalue weighted by Gasteiger charge is 2.10. The van der Waals surface area contributed by atoms with Crippen molar-refractivity contribution in [3.63, 3.8) is 0 Å². The first-order chi connectivity index (χ1) is 6.63. The molecule has 0 aliphatic heterocycles. The molecule has 3 nitrogen and oxygen atoms in total. The van der Waals surface area contributed by atoms with Crippen molar-refractivity contribution in [2.45, 2.75) is 19.9 Å². The first-order valence-corrected chi connectivity index (χ1v) is 5.51. The summed E-state index contributed by atoms with van der Waals surface area (Å²) in [6, 6.07) is 4.18. The Hall–Kier alpha value is -0.610. The molecule has 14 heavy (non-hydrogen) atoms. The molecule has 1 unspecified atom stereocenters. The summed E-state index contributed by atoms with van der Waals surface area (Å²) in [5.74, 6) is 1.38. The minimum Gasteiger partial charge on any atom is -0.366 e. The number of halogens is 1. The standard InChI is InChI=1S/C10H16BrN3/c1-7(2)9(5-12)14-10-4-3-8(11)6-13-10/h3-4,6-7,9H,5,12H2,1-2H3,(H,13,14). The molecule has 0 bridgehead atoms. The van der Waals surface area contributed by atoms with Crippen LogP contribution in [0.25, 0.3) is 0 Å². The molecule has 0 saturated carbocycles. The molecule has 1 aromatic rings. The van der Waals surface area contributed by atoms with Crippen molar-refractivity contribution in [2.75, 3.05) is 11.9 Å². The Morgan fingerprint density at radius 3 is 2.64 bits per heavy atom. The van der Waals surface area contributed by atoms with Gasteiger partial charge in [-0.3, -0.25) is 0 Å². The van der Waals surface area contributed by atoms with Gasteiger partial charge in [-0.2, -0.15) is 0 Å². The van der Waals surface area contributed by atoms with Crippen LogP contribution >= 0.6 is 15.9 Å². The van der Waals surface area contributed by atoms with Gasteiger partial charge in [0, 0.05) is 23.3 Å². The second-order valence-corrected chi connectivity index (χ2v) is 4.51. The molecule has 4 heteroatoms. The van der Waals surface area contributed by atoms with Crippen molar-refractivity contribution in [3.05, 3.63) is 22.8 Å². The van der Waals surface area contributed by atoms with E-state index in [4.69, 9.17) is 5.73 Å². The van der Waals surface area contributed by atoms with Gasteiger partial charge >= 0.3 is 0 Å². The minimum atomic E-state index is 0.281. The van der Waals surface area contributed by atoms with Crippen LogP contribution < -0.4 is 11.1 Å². The third-order valence-corrected chi connectivity index (χ3v) is 2.59. The molecule has 0 fully saturated rings. The topological polar surface area (TPSA) is 50.9 Å². The number of pyridine rings is 1. The Bertz CT molecular complexity index is 271. The predicted octanol–water partition coefficient (Wildman–Crippen LogP) is 2.24. The van der Waals surface area contributed by atoms with Crippen molar-refractivity contribution >= 4 is 21.7 Å². The fourth-order valence-electron chi connectivity index (χ4n) is 1.15. The molecule has 3 N–H and O–H groups in total. The van der Waals surface area contributed by atoms with E-state index in [2.05, 4.69) is 40.1 Å². The lowest BCUT2D eigenvalue weighted by Crippen LogP contribution is -2.33. The number of rotatable bonds is 4. The van der Waals surface area contributed by atoms with E-state index in [0.717, 1.165) is 10.3 Å². The summed E-state index contributed by atoms with van der Waals surface area (Å²) in [4.78, 5) is 4.23. The second-order valence-electron chi connectivity index (χ2n) is 3.59. The Kier molecular flexibility index (Phi) is 4.35. The Labute approximate surface area is 93.2 Å². The average molecular weight is 258 g/mol. The molecule has 0 aromatic carbocycles. The number of aromatic nitrogens is 1. The molecule has 0 aliphatic rings. The highest BCUT2D eigenvalue weighted by atomic mass is 79.9. The number of nitrogens with one attached hydrogen (secondary N) is 1. The first kappa shape index (κ1) is 11.5. The Morgan fingerprint density at radius 1 is 1.50 bits per heavy atom. The van der Waals surface area contributed by atoms with Gasteiger partial charge in [-0.25, -0.2) is 4.98 Å². The zero-order chi connectivity index (χ0) is 10.6. The van der Waals surface area contributed by atoms with Crippen molar-refractivity contribution < 1.29 is 0 Å². The van der Waals surface area contributed by atoms with E-state index in [0.29, 0.717) is 12.5 Å². The molecule has 78 valence electrons. The van der Waals surface area contributed by atoms with Crippen LogP contribution in [-0.4, -0.2) is 17.6 Å². The van der Waals surface area contributed by atoms with Gasteiger partial charge in [-0.1, -0.05) is 13.8 Å². The van der Waals surface area contributed by atoms with Crippen LogP contribution in [0.1, 0.15) is 13.8 Å². The Morgan fingerprint density at radius 2 is 2.21 bits per heavy atom. The van der Waals surface area contributed by atoms with Crippen molar-refractivity contribution in [1.82, 2.24) is 4.98 Å². The van der Waals surface area contributed by atoms with Gasteiger partial charge in [0.05, 0.1) is 0 Å². The number of anilines is 1. The zero-order valence-corrected chi connectivity index (χ0v) is 10.1. The summed E-state index contributed by atoms with van der Waals surface area (Å²) >= 11 is 3.34. The lowest BCUT2D eigenvalue weighted by Gasteiger charge is -2.20. The average Bonchev–Trinajstić information content (AvgIpc) is 2.16. The normalized spacial score (nSPS) is 12.9. The molecule has 0 saturated heterocycles. The number of nitrogens with zero attached hydrogens (tertiary/aromatic N) is 1. The smallest absolute Gasteiger partial charge is 0.126 e.